The maximum atomic E-state index is 5.99. The van der Waals surface area contributed by atoms with E-state index in [2.05, 4.69) is 22.0 Å². The molecule has 1 aromatic heterocycles. The quantitative estimate of drug-likeness (QED) is 0.879. The van der Waals surface area contributed by atoms with Crippen molar-refractivity contribution in [2.45, 2.75) is 25.8 Å². The molecule has 0 radical (unpaired) electrons. The van der Waals surface area contributed by atoms with Crippen molar-refractivity contribution in [1.82, 2.24) is 9.88 Å². The van der Waals surface area contributed by atoms with Gasteiger partial charge in [-0.25, -0.2) is 0 Å². The van der Waals surface area contributed by atoms with Crippen LogP contribution in [0.1, 0.15) is 30.1 Å². The number of aromatic nitrogens is 1. The predicted molar refractivity (Wildman–Crippen MR) is 76.9 cm³/mol. The van der Waals surface area contributed by atoms with E-state index >= 15 is 0 Å². The molecule has 1 aliphatic heterocycles. The molecule has 1 aliphatic rings. The summed E-state index contributed by atoms with van der Waals surface area (Å²) in [5.41, 5.74) is 8.27. The van der Waals surface area contributed by atoms with E-state index in [9.17, 15) is 0 Å². The van der Waals surface area contributed by atoms with Crippen LogP contribution >= 0.6 is 0 Å². The van der Waals surface area contributed by atoms with Crippen LogP contribution in [0.5, 0.6) is 0 Å². The minimum absolute atomic E-state index is 0.285. The molecule has 2 heterocycles. The Morgan fingerprint density at radius 3 is 3.00 bits per heavy atom. The lowest BCUT2D eigenvalue weighted by Gasteiger charge is -2.37. The molecule has 1 aromatic rings. The third-order valence-electron chi connectivity index (χ3n) is 3.94. The van der Waals surface area contributed by atoms with Gasteiger partial charge < -0.3 is 10.5 Å². The van der Waals surface area contributed by atoms with Crippen molar-refractivity contribution < 1.29 is 4.74 Å². The minimum Gasteiger partial charge on any atom is -0.384 e. The standard InChI is InChI=1S/C15H25N3O/c1-12-5-6-14(9-17-12)15(8-16)18-7-3-4-13(10-18)11-19-2/h5-6,9,13,15H,3-4,7-8,10-11,16H2,1-2H3. The fraction of sp³-hybridized carbons (Fsp3) is 0.667. The van der Waals surface area contributed by atoms with Crippen molar-refractivity contribution in [3.05, 3.63) is 29.6 Å². The molecule has 0 bridgehead atoms. The predicted octanol–water partition coefficient (Wildman–Crippen LogP) is 1.75. The van der Waals surface area contributed by atoms with Crippen LogP contribution in [0.25, 0.3) is 0 Å². The lowest BCUT2D eigenvalue weighted by atomic mass is 9.95. The summed E-state index contributed by atoms with van der Waals surface area (Å²) in [7, 11) is 1.78. The monoisotopic (exact) mass is 263 g/mol. The Morgan fingerprint density at radius 2 is 2.37 bits per heavy atom. The van der Waals surface area contributed by atoms with Gasteiger partial charge in [-0.05, 0) is 43.9 Å². The average Bonchev–Trinajstić information content (AvgIpc) is 2.43. The molecule has 2 rings (SSSR count). The number of hydrogen-bond donors (Lipinski definition) is 1. The van der Waals surface area contributed by atoms with Gasteiger partial charge in [-0.1, -0.05) is 6.07 Å². The van der Waals surface area contributed by atoms with Gasteiger partial charge in [0.1, 0.15) is 0 Å². The van der Waals surface area contributed by atoms with E-state index in [1.54, 1.807) is 7.11 Å². The molecule has 4 nitrogen and oxygen atoms in total. The fourth-order valence-electron chi connectivity index (χ4n) is 2.92. The molecule has 106 valence electrons. The number of nitrogens with two attached hydrogens (primary N) is 1. The second kappa shape index (κ2) is 6.98. The third kappa shape index (κ3) is 3.75. The van der Waals surface area contributed by atoms with E-state index in [4.69, 9.17) is 10.5 Å². The van der Waals surface area contributed by atoms with Crippen molar-refractivity contribution in [2.75, 3.05) is 33.4 Å². The molecule has 1 saturated heterocycles. The Balaban J connectivity index is 2.06. The Bertz CT molecular complexity index is 377. The highest BCUT2D eigenvalue weighted by molar-refractivity contribution is 5.18. The van der Waals surface area contributed by atoms with Crippen LogP contribution in [-0.4, -0.2) is 43.2 Å². The zero-order chi connectivity index (χ0) is 13.7. The summed E-state index contributed by atoms with van der Waals surface area (Å²) in [6.07, 6.45) is 4.45. The van der Waals surface area contributed by atoms with Gasteiger partial charge in [-0.3, -0.25) is 9.88 Å². The summed E-state index contributed by atoms with van der Waals surface area (Å²) in [6.45, 7) is 5.70. The number of ether oxygens (including phenoxy) is 1. The molecule has 0 amide bonds. The highest BCUT2D eigenvalue weighted by Gasteiger charge is 2.26. The lowest BCUT2D eigenvalue weighted by molar-refractivity contribution is 0.0696. The van der Waals surface area contributed by atoms with Crippen LogP contribution in [0.2, 0.25) is 0 Å². The van der Waals surface area contributed by atoms with Gasteiger partial charge in [0.25, 0.3) is 0 Å². The molecule has 19 heavy (non-hydrogen) atoms. The van der Waals surface area contributed by atoms with E-state index in [1.807, 2.05) is 13.1 Å². The van der Waals surface area contributed by atoms with E-state index in [-0.39, 0.29) is 6.04 Å². The molecule has 0 aromatic carbocycles. The molecule has 0 spiro atoms. The average molecular weight is 263 g/mol. The molecule has 0 aliphatic carbocycles. The molecule has 4 heteroatoms. The van der Waals surface area contributed by atoms with Crippen molar-refractivity contribution in [2.24, 2.45) is 11.7 Å². The van der Waals surface area contributed by atoms with Crippen LogP contribution in [0.3, 0.4) is 0 Å². The third-order valence-corrected chi connectivity index (χ3v) is 3.94. The Labute approximate surface area is 116 Å². The van der Waals surface area contributed by atoms with Crippen molar-refractivity contribution in [3.63, 3.8) is 0 Å². The first-order chi connectivity index (χ1) is 9.24. The van der Waals surface area contributed by atoms with Gasteiger partial charge in [0.05, 0.1) is 6.61 Å². The van der Waals surface area contributed by atoms with E-state index < -0.39 is 0 Å². The maximum Gasteiger partial charge on any atom is 0.0502 e. The van der Waals surface area contributed by atoms with Crippen molar-refractivity contribution >= 4 is 0 Å². The lowest BCUT2D eigenvalue weighted by Crippen LogP contribution is -2.42. The Morgan fingerprint density at radius 1 is 1.53 bits per heavy atom. The normalized spacial score (nSPS) is 22.4. The van der Waals surface area contributed by atoms with E-state index in [1.165, 1.54) is 18.4 Å². The molecule has 2 N–H and O–H groups in total. The molecular weight excluding hydrogens is 238 g/mol. The summed E-state index contributed by atoms with van der Waals surface area (Å²) in [5.74, 6) is 0.631. The van der Waals surface area contributed by atoms with E-state index in [0.29, 0.717) is 12.5 Å². The number of nitrogens with zero attached hydrogens (tertiary/aromatic N) is 2. The van der Waals surface area contributed by atoms with Crippen molar-refractivity contribution in [3.8, 4) is 0 Å². The molecule has 1 fully saturated rings. The number of methoxy groups -OCH3 is 1. The summed E-state index contributed by atoms with van der Waals surface area (Å²) in [6, 6.07) is 4.50. The summed E-state index contributed by atoms with van der Waals surface area (Å²) in [5, 5.41) is 0. The van der Waals surface area contributed by atoms with Crippen LogP contribution in [0.15, 0.2) is 18.3 Å². The van der Waals surface area contributed by atoms with Crippen LogP contribution < -0.4 is 5.73 Å². The van der Waals surface area contributed by atoms with E-state index in [0.717, 1.165) is 25.4 Å². The largest absolute Gasteiger partial charge is 0.384 e. The number of aryl methyl sites for hydroxylation is 1. The van der Waals surface area contributed by atoms with Crippen LogP contribution in [0.4, 0.5) is 0 Å². The topological polar surface area (TPSA) is 51.4 Å². The van der Waals surface area contributed by atoms with Crippen LogP contribution in [-0.2, 0) is 4.74 Å². The Kier molecular flexibility index (Phi) is 5.31. The van der Waals surface area contributed by atoms with Gasteiger partial charge in [-0.2, -0.15) is 0 Å². The zero-order valence-corrected chi connectivity index (χ0v) is 12.0. The maximum absolute atomic E-state index is 5.99. The Hall–Kier alpha value is -0.970. The number of rotatable bonds is 5. The van der Waals surface area contributed by atoms with Gasteiger partial charge >= 0.3 is 0 Å². The number of piperidine rings is 1. The first-order valence-corrected chi connectivity index (χ1v) is 7.10. The highest BCUT2D eigenvalue weighted by Crippen LogP contribution is 2.26. The van der Waals surface area contributed by atoms with Crippen molar-refractivity contribution in [1.29, 1.82) is 0 Å². The molecular formula is C15H25N3O. The van der Waals surface area contributed by atoms with Gasteiger partial charge in [-0.15, -0.1) is 0 Å². The molecule has 2 unspecified atom stereocenters. The smallest absolute Gasteiger partial charge is 0.0502 e. The zero-order valence-electron chi connectivity index (χ0n) is 12.0. The van der Waals surface area contributed by atoms with Gasteiger partial charge in [0, 0.05) is 38.1 Å². The SMILES string of the molecule is COCC1CCCN(C(CN)c2ccc(C)nc2)C1. The number of pyridine rings is 1. The first kappa shape index (κ1) is 14.4. The second-order valence-corrected chi connectivity index (χ2v) is 5.44. The minimum atomic E-state index is 0.285. The van der Waals surface area contributed by atoms with Gasteiger partial charge in [0.15, 0.2) is 0 Å². The van der Waals surface area contributed by atoms with Gasteiger partial charge in [0.2, 0.25) is 0 Å². The van der Waals surface area contributed by atoms with Crippen LogP contribution in [0, 0.1) is 12.8 Å². The fourth-order valence-corrected chi connectivity index (χ4v) is 2.92. The summed E-state index contributed by atoms with van der Waals surface area (Å²) in [4.78, 5) is 6.88. The molecule has 2 atom stereocenters. The number of likely N-dealkylation sites (tertiary alicyclic amines) is 1. The number of hydrogen-bond acceptors (Lipinski definition) is 4. The summed E-state index contributed by atoms with van der Waals surface area (Å²) < 4.78 is 5.29. The first-order valence-electron chi connectivity index (χ1n) is 7.10. The highest BCUT2D eigenvalue weighted by atomic mass is 16.5. The summed E-state index contributed by atoms with van der Waals surface area (Å²) >= 11 is 0. The second-order valence-electron chi connectivity index (χ2n) is 5.44. The molecule has 0 saturated carbocycles.